The SMILES string of the molecule is COCC(C)N1C(=O)C2(CCCC2)NC(=O)C1C(C)C. The van der Waals surface area contributed by atoms with E-state index in [-0.39, 0.29) is 29.8 Å². The zero-order valence-corrected chi connectivity index (χ0v) is 12.9. The number of rotatable bonds is 4. The van der Waals surface area contributed by atoms with Crippen molar-refractivity contribution in [1.29, 1.82) is 0 Å². The van der Waals surface area contributed by atoms with E-state index in [9.17, 15) is 9.59 Å². The average molecular weight is 282 g/mol. The van der Waals surface area contributed by atoms with Crippen LogP contribution in [0, 0.1) is 5.92 Å². The second kappa shape index (κ2) is 5.72. The third-order valence-corrected chi connectivity index (χ3v) is 4.55. The molecule has 2 rings (SSSR count). The lowest BCUT2D eigenvalue weighted by atomic mass is 9.86. The highest BCUT2D eigenvalue weighted by Crippen LogP contribution is 2.36. The van der Waals surface area contributed by atoms with Gasteiger partial charge in [0.05, 0.1) is 12.6 Å². The zero-order chi connectivity index (χ0) is 14.9. The van der Waals surface area contributed by atoms with Crippen LogP contribution < -0.4 is 5.32 Å². The topological polar surface area (TPSA) is 58.6 Å². The molecule has 0 radical (unpaired) electrons. The zero-order valence-electron chi connectivity index (χ0n) is 12.9. The molecule has 0 aromatic rings. The quantitative estimate of drug-likeness (QED) is 0.846. The van der Waals surface area contributed by atoms with Gasteiger partial charge in [-0.15, -0.1) is 0 Å². The van der Waals surface area contributed by atoms with Crippen molar-refractivity contribution in [3.8, 4) is 0 Å². The molecule has 2 atom stereocenters. The van der Waals surface area contributed by atoms with Crippen LogP contribution in [0.1, 0.15) is 46.5 Å². The summed E-state index contributed by atoms with van der Waals surface area (Å²) < 4.78 is 5.19. The minimum absolute atomic E-state index is 0.00977. The van der Waals surface area contributed by atoms with Crippen LogP contribution in [0.4, 0.5) is 0 Å². The molecule has 2 unspecified atom stereocenters. The highest BCUT2D eigenvalue weighted by atomic mass is 16.5. The molecular formula is C15H26N2O3. The van der Waals surface area contributed by atoms with Gasteiger partial charge < -0.3 is 15.0 Å². The summed E-state index contributed by atoms with van der Waals surface area (Å²) in [6.45, 7) is 6.38. The summed E-state index contributed by atoms with van der Waals surface area (Å²) in [5, 5.41) is 3.03. The van der Waals surface area contributed by atoms with Crippen LogP contribution in [0.2, 0.25) is 0 Å². The van der Waals surface area contributed by atoms with Crippen LogP contribution in [0.25, 0.3) is 0 Å². The number of ether oxygens (including phenoxy) is 1. The van der Waals surface area contributed by atoms with Crippen LogP contribution in [-0.2, 0) is 14.3 Å². The van der Waals surface area contributed by atoms with Gasteiger partial charge in [0.25, 0.3) is 0 Å². The van der Waals surface area contributed by atoms with Crippen LogP contribution in [-0.4, -0.2) is 48.1 Å². The first-order chi connectivity index (χ1) is 9.43. The Morgan fingerprint density at radius 2 is 1.90 bits per heavy atom. The Morgan fingerprint density at radius 1 is 1.30 bits per heavy atom. The Hall–Kier alpha value is -1.10. The van der Waals surface area contributed by atoms with Crippen molar-refractivity contribution in [2.75, 3.05) is 13.7 Å². The van der Waals surface area contributed by atoms with Crippen LogP contribution in [0.3, 0.4) is 0 Å². The number of amides is 2. The molecule has 1 saturated carbocycles. The van der Waals surface area contributed by atoms with Crippen molar-refractivity contribution < 1.29 is 14.3 Å². The lowest BCUT2D eigenvalue weighted by Crippen LogP contribution is -2.72. The Kier molecular flexibility index (Phi) is 4.37. The second-order valence-corrected chi connectivity index (χ2v) is 6.48. The van der Waals surface area contributed by atoms with E-state index >= 15 is 0 Å². The fourth-order valence-electron chi connectivity index (χ4n) is 3.60. The van der Waals surface area contributed by atoms with Crippen molar-refractivity contribution in [1.82, 2.24) is 10.2 Å². The number of nitrogens with one attached hydrogen (secondary N) is 1. The largest absolute Gasteiger partial charge is 0.383 e. The minimum Gasteiger partial charge on any atom is -0.383 e. The van der Waals surface area contributed by atoms with Crippen molar-refractivity contribution in [3.05, 3.63) is 0 Å². The summed E-state index contributed by atoms with van der Waals surface area (Å²) in [7, 11) is 1.63. The molecule has 2 fully saturated rings. The summed E-state index contributed by atoms with van der Waals surface area (Å²) in [5.74, 6) is 0.166. The number of hydrogen-bond acceptors (Lipinski definition) is 3. The summed E-state index contributed by atoms with van der Waals surface area (Å²) in [6, 6.07) is -0.470. The van der Waals surface area contributed by atoms with E-state index in [1.807, 2.05) is 20.8 Å². The Balaban J connectivity index is 2.33. The Morgan fingerprint density at radius 3 is 2.40 bits per heavy atom. The van der Waals surface area contributed by atoms with Gasteiger partial charge in [0.15, 0.2) is 0 Å². The maximum Gasteiger partial charge on any atom is 0.249 e. The van der Waals surface area contributed by atoms with Gasteiger partial charge >= 0.3 is 0 Å². The number of piperazine rings is 1. The van der Waals surface area contributed by atoms with Gasteiger partial charge in [0.1, 0.15) is 11.6 Å². The normalized spacial score (nSPS) is 27.2. The molecule has 114 valence electrons. The van der Waals surface area contributed by atoms with Gasteiger partial charge in [-0.25, -0.2) is 0 Å². The van der Waals surface area contributed by atoms with Crippen molar-refractivity contribution in [2.24, 2.45) is 5.92 Å². The third kappa shape index (κ3) is 2.43. The van der Waals surface area contributed by atoms with Gasteiger partial charge in [0, 0.05) is 7.11 Å². The van der Waals surface area contributed by atoms with Gasteiger partial charge in [-0.1, -0.05) is 26.7 Å². The smallest absolute Gasteiger partial charge is 0.249 e. The molecule has 20 heavy (non-hydrogen) atoms. The monoisotopic (exact) mass is 282 g/mol. The molecule has 1 heterocycles. The van der Waals surface area contributed by atoms with Gasteiger partial charge in [-0.05, 0) is 25.7 Å². The lowest BCUT2D eigenvalue weighted by molar-refractivity contribution is -0.160. The summed E-state index contributed by atoms with van der Waals surface area (Å²) >= 11 is 0. The van der Waals surface area contributed by atoms with E-state index in [0.717, 1.165) is 25.7 Å². The number of hydrogen-bond donors (Lipinski definition) is 1. The van der Waals surface area contributed by atoms with E-state index in [1.54, 1.807) is 12.0 Å². The van der Waals surface area contributed by atoms with Crippen LogP contribution in [0.5, 0.6) is 0 Å². The molecule has 1 N–H and O–H groups in total. The first-order valence-electron chi connectivity index (χ1n) is 7.56. The molecule has 5 nitrogen and oxygen atoms in total. The fourth-order valence-corrected chi connectivity index (χ4v) is 3.60. The highest BCUT2D eigenvalue weighted by molar-refractivity contribution is 6.00. The average Bonchev–Trinajstić information content (AvgIpc) is 2.82. The van der Waals surface area contributed by atoms with Gasteiger partial charge in [-0.2, -0.15) is 0 Å². The first kappa shape index (κ1) is 15.3. The predicted molar refractivity (Wildman–Crippen MR) is 76.2 cm³/mol. The molecule has 1 spiro atoms. The first-order valence-corrected chi connectivity index (χ1v) is 7.56. The Bertz CT molecular complexity index is 389. The molecule has 0 bridgehead atoms. The maximum absolute atomic E-state index is 13.0. The van der Waals surface area contributed by atoms with E-state index in [2.05, 4.69) is 5.32 Å². The van der Waals surface area contributed by atoms with Gasteiger partial charge in [0.2, 0.25) is 11.8 Å². The van der Waals surface area contributed by atoms with Crippen molar-refractivity contribution in [3.63, 3.8) is 0 Å². The lowest BCUT2D eigenvalue weighted by Gasteiger charge is -2.48. The molecule has 1 aliphatic heterocycles. The maximum atomic E-state index is 13.0. The van der Waals surface area contributed by atoms with Crippen molar-refractivity contribution >= 4 is 11.8 Å². The third-order valence-electron chi connectivity index (χ3n) is 4.55. The molecule has 0 aromatic heterocycles. The van der Waals surface area contributed by atoms with E-state index in [4.69, 9.17) is 4.74 Å². The number of nitrogens with zero attached hydrogens (tertiary/aromatic N) is 1. The molecule has 5 heteroatoms. The van der Waals surface area contributed by atoms with E-state index in [1.165, 1.54) is 0 Å². The van der Waals surface area contributed by atoms with Crippen LogP contribution in [0.15, 0.2) is 0 Å². The second-order valence-electron chi connectivity index (χ2n) is 6.48. The molecular weight excluding hydrogens is 256 g/mol. The minimum atomic E-state index is -0.648. The summed E-state index contributed by atoms with van der Waals surface area (Å²) in [5.41, 5.74) is -0.648. The number of carbonyl (C=O) groups is 2. The Labute approximate surface area is 121 Å². The standard InChI is InChI=1S/C15H26N2O3/c1-10(2)12-13(18)16-15(7-5-6-8-15)14(19)17(12)11(3)9-20-4/h10-12H,5-9H2,1-4H3,(H,16,18). The summed E-state index contributed by atoms with van der Waals surface area (Å²) in [4.78, 5) is 27.3. The molecule has 2 amide bonds. The predicted octanol–water partition coefficient (Wildman–Crippen LogP) is 1.32. The highest BCUT2D eigenvalue weighted by Gasteiger charge is 2.53. The van der Waals surface area contributed by atoms with E-state index in [0.29, 0.717) is 6.61 Å². The molecule has 0 aromatic carbocycles. The van der Waals surface area contributed by atoms with Crippen LogP contribution >= 0.6 is 0 Å². The molecule has 2 aliphatic rings. The molecule has 1 aliphatic carbocycles. The number of carbonyl (C=O) groups excluding carboxylic acids is 2. The van der Waals surface area contributed by atoms with Crippen molar-refractivity contribution in [2.45, 2.75) is 64.1 Å². The fraction of sp³-hybridized carbons (Fsp3) is 0.867. The van der Waals surface area contributed by atoms with E-state index < -0.39 is 5.54 Å². The summed E-state index contributed by atoms with van der Waals surface area (Å²) in [6.07, 6.45) is 3.53. The number of methoxy groups -OCH3 is 1. The molecule has 1 saturated heterocycles. The van der Waals surface area contributed by atoms with Gasteiger partial charge in [-0.3, -0.25) is 9.59 Å².